The van der Waals surface area contributed by atoms with Gasteiger partial charge in [-0.1, -0.05) is 55.3 Å². The van der Waals surface area contributed by atoms with E-state index in [4.69, 9.17) is 9.47 Å². The van der Waals surface area contributed by atoms with Crippen LogP contribution < -0.4 is 9.47 Å². The number of carbonyl (C=O) groups excluding carboxylic acids is 2. The lowest BCUT2D eigenvalue weighted by Crippen LogP contribution is -2.14. The molecule has 0 unspecified atom stereocenters. The molecule has 0 spiro atoms. The molecule has 1 saturated carbocycles. The van der Waals surface area contributed by atoms with E-state index in [0.29, 0.717) is 17.0 Å². The molecular formula is C26H24O4. The van der Waals surface area contributed by atoms with Crippen molar-refractivity contribution in [1.82, 2.24) is 0 Å². The zero-order chi connectivity index (χ0) is 20.9. The van der Waals surface area contributed by atoms with Gasteiger partial charge in [-0.05, 0) is 67.1 Å². The molecule has 4 rings (SSSR count). The second kappa shape index (κ2) is 8.95. The Labute approximate surface area is 176 Å². The van der Waals surface area contributed by atoms with Crippen LogP contribution in [0, 0.1) is 6.92 Å². The summed E-state index contributed by atoms with van der Waals surface area (Å²) in [7, 11) is 0. The summed E-state index contributed by atoms with van der Waals surface area (Å²) in [5.74, 6) is 0.0570. The van der Waals surface area contributed by atoms with Crippen LogP contribution in [0.25, 0.3) is 0 Å². The predicted molar refractivity (Wildman–Crippen MR) is 115 cm³/mol. The fraction of sp³-hybridized carbons (Fsp3) is 0.231. The van der Waals surface area contributed by atoms with Crippen LogP contribution in [0.2, 0.25) is 0 Å². The van der Waals surface area contributed by atoms with Gasteiger partial charge >= 0.3 is 11.9 Å². The lowest BCUT2D eigenvalue weighted by molar-refractivity contribution is 0.0681. The Morgan fingerprint density at radius 3 is 1.87 bits per heavy atom. The van der Waals surface area contributed by atoms with Crippen LogP contribution in [0.15, 0.2) is 72.8 Å². The van der Waals surface area contributed by atoms with E-state index >= 15 is 0 Å². The van der Waals surface area contributed by atoms with Crippen LogP contribution >= 0.6 is 0 Å². The Morgan fingerprint density at radius 2 is 1.30 bits per heavy atom. The molecule has 0 N–H and O–H groups in total. The van der Waals surface area contributed by atoms with Gasteiger partial charge in [-0.15, -0.1) is 0 Å². The molecule has 1 aliphatic rings. The molecule has 30 heavy (non-hydrogen) atoms. The first-order valence-electron chi connectivity index (χ1n) is 10.3. The maximum atomic E-state index is 12.7. The minimum atomic E-state index is -0.482. The highest BCUT2D eigenvalue weighted by molar-refractivity contribution is 5.93. The van der Waals surface area contributed by atoms with Gasteiger partial charge in [0.2, 0.25) is 0 Å². The standard InChI is InChI=1S/C26H24O4/c1-18-16-22(19-10-8-9-11-19)17-23(29-25(27)20-12-4-2-5-13-20)24(18)30-26(28)21-14-6-3-7-15-21/h2-7,12-17,19H,8-11H2,1H3. The highest BCUT2D eigenvalue weighted by Gasteiger charge is 2.23. The van der Waals surface area contributed by atoms with E-state index in [1.807, 2.05) is 31.2 Å². The van der Waals surface area contributed by atoms with Crippen molar-refractivity contribution in [3.8, 4) is 11.5 Å². The number of rotatable bonds is 5. The summed E-state index contributed by atoms with van der Waals surface area (Å²) in [6, 6.07) is 21.5. The third-order valence-corrected chi connectivity index (χ3v) is 5.51. The number of ether oxygens (including phenoxy) is 2. The van der Waals surface area contributed by atoms with Gasteiger partial charge in [0.25, 0.3) is 0 Å². The van der Waals surface area contributed by atoms with Crippen LogP contribution in [-0.2, 0) is 0 Å². The zero-order valence-corrected chi connectivity index (χ0v) is 17.0. The summed E-state index contributed by atoms with van der Waals surface area (Å²) in [6.07, 6.45) is 4.64. The van der Waals surface area contributed by atoms with Gasteiger partial charge in [0.1, 0.15) is 0 Å². The van der Waals surface area contributed by atoms with E-state index in [0.717, 1.165) is 24.0 Å². The Kier molecular flexibility index (Phi) is 5.94. The largest absolute Gasteiger partial charge is 0.419 e. The molecule has 4 heteroatoms. The summed E-state index contributed by atoms with van der Waals surface area (Å²) in [5, 5.41) is 0. The van der Waals surface area contributed by atoms with Crippen molar-refractivity contribution >= 4 is 11.9 Å². The molecule has 3 aromatic rings. The first-order valence-corrected chi connectivity index (χ1v) is 10.3. The molecule has 0 heterocycles. The number of aryl methyl sites for hydroxylation is 1. The molecule has 152 valence electrons. The predicted octanol–water partition coefficient (Wildman–Crippen LogP) is 6.09. The summed E-state index contributed by atoms with van der Waals surface area (Å²) in [4.78, 5) is 25.4. The average molecular weight is 400 g/mol. The van der Waals surface area contributed by atoms with Gasteiger partial charge in [-0.3, -0.25) is 0 Å². The number of hydrogen-bond donors (Lipinski definition) is 0. The molecule has 0 atom stereocenters. The van der Waals surface area contributed by atoms with Crippen molar-refractivity contribution in [3.05, 3.63) is 95.1 Å². The number of benzene rings is 3. The van der Waals surface area contributed by atoms with E-state index in [9.17, 15) is 9.59 Å². The van der Waals surface area contributed by atoms with Crippen molar-refractivity contribution in [3.63, 3.8) is 0 Å². The molecule has 0 radical (unpaired) electrons. The maximum absolute atomic E-state index is 12.7. The van der Waals surface area contributed by atoms with Gasteiger partial charge in [-0.25, -0.2) is 9.59 Å². The van der Waals surface area contributed by atoms with Crippen LogP contribution in [0.5, 0.6) is 11.5 Å². The Bertz CT molecular complexity index is 1040. The van der Waals surface area contributed by atoms with Gasteiger partial charge in [0.15, 0.2) is 11.5 Å². The van der Waals surface area contributed by atoms with E-state index < -0.39 is 11.9 Å². The van der Waals surface area contributed by atoms with E-state index in [1.54, 1.807) is 48.5 Å². The number of carbonyl (C=O) groups is 2. The van der Waals surface area contributed by atoms with E-state index in [2.05, 4.69) is 0 Å². The lowest BCUT2D eigenvalue weighted by atomic mass is 9.95. The first-order chi connectivity index (χ1) is 14.6. The fourth-order valence-corrected chi connectivity index (χ4v) is 3.93. The lowest BCUT2D eigenvalue weighted by Gasteiger charge is -2.17. The molecule has 3 aromatic carbocycles. The van der Waals surface area contributed by atoms with Crippen LogP contribution in [0.3, 0.4) is 0 Å². The van der Waals surface area contributed by atoms with Gasteiger partial charge < -0.3 is 9.47 Å². The summed E-state index contributed by atoms with van der Waals surface area (Å²) < 4.78 is 11.4. The summed E-state index contributed by atoms with van der Waals surface area (Å²) in [6.45, 7) is 1.88. The Hall–Kier alpha value is -3.40. The van der Waals surface area contributed by atoms with Gasteiger partial charge in [0.05, 0.1) is 11.1 Å². The van der Waals surface area contributed by atoms with Gasteiger partial charge in [0, 0.05) is 0 Å². The first kappa shape index (κ1) is 19.9. The maximum Gasteiger partial charge on any atom is 0.343 e. The molecule has 0 aromatic heterocycles. The molecule has 1 fully saturated rings. The molecule has 1 aliphatic carbocycles. The number of hydrogen-bond acceptors (Lipinski definition) is 4. The highest BCUT2D eigenvalue weighted by atomic mass is 16.6. The second-order valence-corrected chi connectivity index (χ2v) is 7.66. The minimum Gasteiger partial charge on any atom is -0.419 e. The van der Waals surface area contributed by atoms with Gasteiger partial charge in [-0.2, -0.15) is 0 Å². The quantitative estimate of drug-likeness (QED) is 0.384. The summed E-state index contributed by atoms with van der Waals surface area (Å²) >= 11 is 0. The molecule has 4 nitrogen and oxygen atoms in total. The van der Waals surface area contributed by atoms with E-state index in [-0.39, 0.29) is 11.5 Å². The van der Waals surface area contributed by atoms with Crippen LogP contribution in [0.4, 0.5) is 0 Å². The second-order valence-electron chi connectivity index (χ2n) is 7.66. The fourth-order valence-electron chi connectivity index (χ4n) is 3.93. The van der Waals surface area contributed by atoms with Crippen molar-refractivity contribution in [1.29, 1.82) is 0 Å². The molecule has 0 amide bonds. The topological polar surface area (TPSA) is 52.6 Å². The number of esters is 2. The van der Waals surface area contributed by atoms with Crippen LogP contribution in [0.1, 0.15) is 63.4 Å². The summed E-state index contributed by atoms with van der Waals surface area (Å²) in [5.41, 5.74) is 2.79. The Morgan fingerprint density at radius 1 is 0.767 bits per heavy atom. The minimum absolute atomic E-state index is 0.287. The van der Waals surface area contributed by atoms with E-state index in [1.165, 1.54) is 12.8 Å². The zero-order valence-electron chi connectivity index (χ0n) is 17.0. The highest BCUT2D eigenvalue weighted by Crippen LogP contribution is 2.41. The normalized spacial score (nSPS) is 13.8. The van der Waals surface area contributed by atoms with Crippen LogP contribution in [-0.4, -0.2) is 11.9 Å². The molecule has 0 aliphatic heterocycles. The smallest absolute Gasteiger partial charge is 0.343 e. The molecule has 0 saturated heterocycles. The monoisotopic (exact) mass is 400 g/mol. The third-order valence-electron chi connectivity index (χ3n) is 5.51. The van der Waals surface area contributed by atoms with Crippen molar-refractivity contribution in [2.45, 2.75) is 38.5 Å². The molecule has 0 bridgehead atoms. The Balaban J connectivity index is 1.68. The SMILES string of the molecule is Cc1cc(C2CCCC2)cc(OC(=O)c2ccccc2)c1OC(=O)c1ccccc1. The van der Waals surface area contributed by atoms with Crippen molar-refractivity contribution < 1.29 is 19.1 Å². The third kappa shape index (κ3) is 4.43. The molecular weight excluding hydrogens is 376 g/mol. The van der Waals surface area contributed by atoms with Crippen molar-refractivity contribution in [2.24, 2.45) is 0 Å². The van der Waals surface area contributed by atoms with Crippen molar-refractivity contribution in [2.75, 3.05) is 0 Å². The average Bonchev–Trinajstić information content (AvgIpc) is 3.32.